The SMILES string of the molecule is C[C@@H](OC(C)(C)C)[C@H](NC(=O)C(F)(F)F)C(=O)N1C[C@H]2[C@@H]([C@H]1C(=O)NC(C#N)c1cnn3cccc(Br)c13)C2(C)C. The van der Waals surface area contributed by atoms with Gasteiger partial charge in [0.05, 0.1) is 29.5 Å². The summed E-state index contributed by atoms with van der Waals surface area (Å²) in [5.41, 5.74) is -0.146. The summed E-state index contributed by atoms with van der Waals surface area (Å²) in [6.45, 7) is 10.4. The van der Waals surface area contributed by atoms with E-state index in [-0.39, 0.29) is 23.8 Å². The molecule has 0 radical (unpaired) electrons. The Morgan fingerprint density at radius 1 is 1.24 bits per heavy atom. The Labute approximate surface area is 243 Å². The number of rotatable bonds is 7. The van der Waals surface area contributed by atoms with Crippen LogP contribution >= 0.6 is 15.9 Å². The van der Waals surface area contributed by atoms with Gasteiger partial charge >= 0.3 is 12.1 Å². The normalized spacial score (nSPS) is 23.7. The number of amides is 3. The predicted octanol–water partition coefficient (Wildman–Crippen LogP) is 3.51. The van der Waals surface area contributed by atoms with Crippen molar-refractivity contribution >= 4 is 39.2 Å². The number of ether oxygens (including phenoxy) is 1. The molecule has 1 saturated heterocycles. The van der Waals surface area contributed by atoms with Gasteiger partial charge in [-0.1, -0.05) is 13.8 Å². The van der Waals surface area contributed by atoms with E-state index in [1.807, 2.05) is 13.8 Å². The van der Waals surface area contributed by atoms with E-state index >= 15 is 0 Å². The fourth-order valence-electron chi connectivity index (χ4n) is 5.86. The zero-order chi connectivity index (χ0) is 30.7. The minimum Gasteiger partial charge on any atom is -0.370 e. The van der Waals surface area contributed by atoms with E-state index in [2.05, 4.69) is 32.4 Å². The number of halogens is 4. The van der Waals surface area contributed by atoms with Crippen LogP contribution in [-0.4, -0.2) is 68.7 Å². The van der Waals surface area contributed by atoms with Crippen molar-refractivity contribution in [3.63, 3.8) is 0 Å². The standard InChI is InChI=1S/C27H32BrF3N6O4/c1-13(41-25(2,3)4)19(35-24(40)27(29,30)31)23(39)36-12-15-18(26(15,5)6)21(36)22(38)34-17(10-32)14-11-33-37-9-7-8-16(28)20(14)37/h7-9,11,13,15,17-19,21H,12H2,1-6H3,(H,34,38)(H,35,40)/t13-,15+,17?,18+,19+,21+/m1/s1. The van der Waals surface area contributed by atoms with Crippen LogP contribution in [0.15, 0.2) is 29.0 Å². The van der Waals surface area contributed by atoms with Gasteiger partial charge in [-0.05, 0) is 73.0 Å². The minimum atomic E-state index is -5.23. The van der Waals surface area contributed by atoms with Crippen LogP contribution in [0.5, 0.6) is 0 Å². The third-order valence-corrected chi connectivity index (χ3v) is 8.47. The smallest absolute Gasteiger partial charge is 0.370 e. The highest BCUT2D eigenvalue weighted by Gasteiger charge is 2.69. The molecule has 41 heavy (non-hydrogen) atoms. The van der Waals surface area contributed by atoms with Crippen LogP contribution in [0.4, 0.5) is 13.2 Å². The number of carbonyl (C=O) groups excluding carboxylic acids is 3. The zero-order valence-corrected chi connectivity index (χ0v) is 25.0. The van der Waals surface area contributed by atoms with Crippen molar-refractivity contribution in [3.05, 3.63) is 34.6 Å². The molecule has 2 aromatic rings. The number of piperidine rings is 1. The molecule has 3 amide bonds. The van der Waals surface area contributed by atoms with Gasteiger partial charge in [-0.2, -0.15) is 23.5 Å². The maximum Gasteiger partial charge on any atom is 0.471 e. The highest BCUT2D eigenvalue weighted by Crippen LogP contribution is 2.65. The molecule has 10 nitrogen and oxygen atoms in total. The molecule has 4 rings (SSSR count). The number of nitriles is 1. The molecule has 2 fully saturated rings. The van der Waals surface area contributed by atoms with Gasteiger partial charge in [-0.25, -0.2) is 4.52 Å². The van der Waals surface area contributed by atoms with Crippen molar-refractivity contribution in [3.8, 4) is 6.07 Å². The molecule has 1 aliphatic carbocycles. The first-order chi connectivity index (χ1) is 18.9. The number of aromatic nitrogens is 2. The summed E-state index contributed by atoms with van der Waals surface area (Å²) < 4.78 is 47.6. The van der Waals surface area contributed by atoms with Crippen molar-refractivity contribution in [2.45, 2.75) is 77.5 Å². The van der Waals surface area contributed by atoms with Gasteiger partial charge in [0.2, 0.25) is 11.8 Å². The molecule has 0 aromatic carbocycles. The molecule has 2 aliphatic rings. The van der Waals surface area contributed by atoms with Gasteiger partial charge in [-0.15, -0.1) is 0 Å². The maximum atomic E-state index is 13.8. The zero-order valence-electron chi connectivity index (χ0n) is 23.4. The molecular weight excluding hydrogens is 609 g/mol. The summed E-state index contributed by atoms with van der Waals surface area (Å²) in [7, 11) is 0. The van der Waals surface area contributed by atoms with E-state index in [0.29, 0.717) is 15.6 Å². The summed E-state index contributed by atoms with van der Waals surface area (Å²) in [6.07, 6.45) is -3.23. The van der Waals surface area contributed by atoms with Gasteiger partial charge in [0, 0.05) is 22.8 Å². The van der Waals surface area contributed by atoms with Crippen LogP contribution in [0, 0.1) is 28.6 Å². The van der Waals surface area contributed by atoms with E-state index in [1.54, 1.807) is 48.9 Å². The second kappa shape index (κ2) is 10.6. The summed E-state index contributed by atoms with van der Waals surface area (Å²) in [6, 6.07) is 1.68. The van der Waals surface area contributed by atoms with E-state index in [4.69, 9.17) is 4.74 Å². The average molecular weight is 641 g/mol. The number of fused-ring (bicyclic) bond motifs is 2. The Morgan fingerprint density at radius 2 is 1.90 bits per heavy atom. The lowest BCUT2D eigenvalue weighted by Gasteiger charge is -2.36. The Balaban J connectivity index is 1.64. The second-order valence-electron chi connectivity index (χ2n) is 12.1. The van der Waals surface area contributed by atoms with Crippen molar-refractivity contribution < 1.29 is 32.3 Å². The fraction of sp³-hybridized carbons (Fsp3) is 0.593. The van der Waals surface area contributed by atoms with Crippen molar-refractivity contribution in [1.82, 2.24) is 25.1 Å². The van der Waals surface area contributed by atoms with Crippen LogP contribution in [0.25, 0.3) is 5.52 Å². The minimum absolute atomic E-state index is 0.0910. The average Bonchev–Trinajstić information content (AvgIpc) is 3.23. The van der Waals surface area contributed by atoms with Crippen LogP contribution < -0.4 is 10.6 Å². The van der Waals surface area contributed by atoms with Crippen LogP contribution in [-0.2, 0) is 19.1 Å². The van der Waals surface area contributed by atoms with E-state index < -0.39 is 53.7 Å². The largest absolute Gasteiger partial charge is 0.471 e. The first kappa shape index (κ1) is 30.8. The number of hydrogen-bond donors (Lipinski definition) is 2. The summed E-state index contributed by atoms with van der Waals surface area (Å²) in [5, 5.41) is 18.7. The molecule has 14 heteroatoms. The Morgan fingerprint density at radius 3 is 2.49 bits per heavy atom. The number of nitrogens with one attached hydrogen (secondary N) is 2. The van der Waals surface area contributed by atoms with Crippen molar-refractivity contribution in [2.75, 3.05) is 6.54 Å². The number of alkyl halides is 3. The lowest BCUT2D eigenvalue weighted by molar-refractivity contribution is -0.177. The quantitative estimate of drug-likeness (QED) is 0.477. The molecule has 1 unspecified atom stereocenters. The van der Waals surface area contributed by atoms with Gasteiger partial charge in [0.1, 0.15) is 18.1 Å². The first-order valence-electron chi connectivity index (χ1n) is 13.1. The predicted molar refractivity (Wildman–Crippen MR) is 144 cm³/mol. The van der Waals surface area contributed by atoms with Gasteiger partial charge in [0.25, 0.3) is 0 Å². The number of likely N-dealkylation sites (tertiary alicyclic amines) is 1. The van der Waals surface area contributed by atoms with Gasteiger partial charge in [0.15, 0.2) is 0 Å². The van der Waals surface area contributed by atoms with E-state index in [1.165, 1.54) is 18.0 Å². The lowest BCUT2D eigenvalue weighted by atomic mass is 9.98. The third-order valence-electron chi connectivity index (χ3n) is 7.83. The fourth-order valence-corrected chi connectivity index (χ4v) is 6.43. The molecule has 2 aromatic heterocycles. The van der Waals surface area contributed by atoms with E-state index in [0.717, 1.165) is 0 Å². The monoisotopic (exact) mass is 640 g/mol. The number of hydrogen-bond acceptors (Lipinski definition) is 6. The Hall–Kier alpha value is -3.18. The molecule has 222 valence electrons. The van der Waals surface area contributed by atoms with Crippen molar-refractivity contribution in [1.29, 1.82) is 5.26 Å². The highest BCUT2D eigenvalue weighted by molar-refractivity contribution is 9.10. The van der Waals surface area contributed by atoms with Crippen LogP contribution in [0.3, 0.4) is 0 Å². The van der Waals surface area contributed by atoms with Crippen molar-refractivity contribution in [2.24, 2.45) is 17.3 Å². The first-order valence-corrected chi connectivity index (χ1v) is 13.9. The topological polar surface area (TPSA) is 129 Å². The summed E-state index contributed by atoms with van der Waals surface area (Å²) in [5.74, 6) is -4.16. The number of carbonyl (C=O) groups is 3. The molecule has 1 aliphatic heterocycles. The molecule has 6 atom stereocenters. The second-order valence-corrected chi connectivity index (χ2v) is 12.9. The maximum absolute atomic E-state index is 13.8. The lowest BCUT2D eigenvalue weighted by Crippen LogP contribution is -2.61. The summed E-state index contributed by atoms with van der Waals surface area (Å²) in [4.78, 5) is 40.7. The molecular formula is C27H32BrF3N6O4. The van der Waals surface area contributed by atoms with E-state index in [9.17, 15) is 32.8 Å². The molecule has 0 bridgehead atoms. The third kappa shape index (κ3) is 5.92. The van der Waals surface area contributed by atoms with Gasteiger partial charge < -0.3 is 20.3 Å². The van der Waals surface area contributed by atoms with Crippen LogP contribution in [0.1, 0.15) is 53.1 Å². The molecule has 0 spiro atoms. The Bertz CT molecular complexity index is 1410. The molecule has 3 heterocycles. The molecule has 2 N–H and O–H groups in total. The molecule has 1 saturated carbocycles. The van der Waals surface area contributed by atoms with Crippen LogP contribution in [0.2, 0.25) is 0 Å². The summed E-state index contributed by atoms with van der Waals surface area (Å²) >= 11 is 3.44. The number of pyridine rings is 1. The highest BCUT2D eigenvalue weighted by atomic mass is 79.9. The van der Waals surface area contributed by atoms with Gasteiger partial charge in [-0.3, -0.25) is 14.4 Å². The Kier molecular flexibility index (Phi) is 7.94. The number of nitrogens with zero attached hydrogens (tertiary/aromatic N) is 4.